The summed E-state index contributed by atoms with van der Waals surface area (Å²) in [6, 6.07) is -0.245. The second kappa shape index (κ2) is 7.29. The van der Waals surface area contributed by atoms with Gasteiger partial charge in [0.2, 0.25) is 0 Å². The van der Waals surface area contributed by atoms with E-state index < -0.39 is 0 Å². The molecule has 1 heterocycles. The smallest absolute Gasteiger partial charge is 0.322 e. The fourth-order valence-electron chi connectivity index (χ4n) is 1.36. The van der Waals surface area contributed by atoms with E-state index in [1.165, 1.54) is 7.11 Å². The second-order valence-corrected chi connectivity index (χ2v) is 4.56. The SMILES string of the molecule is CCNC(CCSc1nncn1C)C(=O)OC. The summed E-state index contributed by atoms with van der Waals surface area (Å²) in [6.07, 6.45) is 2.36. The molecule has 0 amide bonds. The predicted molar refractivity (Wildman–Crippen MR) is 65.8 cm³/mol. The molecule has 96 valence electrons. The van der Waals surface area contributed by atoms with E-state index in [1.54, 1.807) is 18.1 Å². The highest BCUT2D eigenvalue weighted by Gasteiger charge is 2.17. The number of rotatable bonds is 7. The summed E-state index contributed by atoms with van der Waals surface area (Å²) in [4.78, 5) is 11.4. The van der Waals surface area contributed by atoms with Gasteiger partial charge in [0.15, 0.2) is 5.16 Å². The molecule has 0 radical (unpaired) electrons. The Bertz CT molecular complexity index is 356. The number of nitrogens with zero attached hydrogens (tertiary/aromatic N) is 3. The molecule has 0 aliphatic carbocycles. The molecule has 1 N–H and O–H groups in total. The topological polar surface area (TPSA) is 69.0 Å². The number of thioether (sulfide) groups is 1. The van der Waals surface area contributed by atoms with Crippen molar-refractivity contribution in [1.82, 2.24) is 20.1 Å². The Morgan fingerprint density at radius 1 is 1.71 bits per heavy atom. The number of hydrogen-bond acceptors (Lipinski definition) is 6. The number of carbonyl (C=O) groups is 1. The lowest BCUT2D eigenvalue weighted by molar-refractivity contribution is -0.143. The van der Waals surface area contributed by atoms with Crippen molar-refractivity contribution in [3.05, 3.63) is 6.33 Å². The summed E-state index contributed by atoms with van der Waals surface area (Å²) in [5.41, 5.74) is 0. The van der Waals surface area contributed by atoms with E-state index in [4.69, 9.17) is 4.74 Å². The minimum Gasteiger partial charge on any atom is -0.468 e. The van der Waals surface area contributed by atoms with Crippen molar-refractivity contribution < 1.29 is 9.53 Å². The standard InChI is InChI=1S/C10H18N4O2S/c1-4-11-8(9(15)16-3)5-6-17-10-13-12-7-14(10)2/h7-8,11H,4-6H2,1-3H3. The van der Waals surface area contributed by atoms with Gasteiger partial charge in [0.05, 0.1) is 7.11 Å². The van der Waals surface area contributed by atoms with Gasteiger partial charge in [-0.15, -0.1) is 10.2 Å². The number of ether oxygens (including phenoxy) is 1. The zero-order chi connectivity index (χ0) is 12.7. The molecule has 6 nitrogen and oxygen atoms in total. The van der Waals surface area contributed by atoms with Crippen LogP contribution < -0.4 is 5.32 Å². The van der Waals surface area contributed by atoms with Crippen molar-refractivity contribution in [2.45, 2.75) is 24.5 Å². The van der Waals surface area contributed by atoms with Crippen molar-refractivity contribution >= 4 is 17.7 Å². The summed E-state index contributed by atoms with van der Waals surface area (Å²) in [7, 11) is 3.30. The lowest BCUT2D eigenvalue weighted by atomic mass is 10.2. The number of nitrogens with one attached hydrogen (secondary N) is 1. The molecule has 7 heteroatoms. The summed E-state index contributed by atoms with van der Waals surface area (Å²) >= 11 is 1.58. The molecule has 0 fully saturated rings. The molecule has 1 aromatic rings. The Kier molecular flexibility index (Phi) is 5.99. The number of aromatic nitrogens is 3. The maximum Gasteiger partial charge on any atom is 0.322 e. The average Bonchev–Trinajstić information content (AvgIpc) is 2.73. The van der Waals surface area contributed by atoms with Crippen LogP contribution in [0.1, 0.15) is 13.3 Å². The van der Waals surface area contributed by atoms with E-state index in [9.17, 15) is 4.79 Å². The quantitative estimate of drug-likeness (QED) is 0.565. The Balaban J connectivity index is 2.37. The van der Waals surface area contributed by atoms with E-state index in [1.807, 2.05) is 18.5 Å². The van der Waals surface area contributed by atoms with Gasteiger partial charge in [-0.25, -0.2) is 0 Å². The molecule has 0 bridgehead atoms. The van der Waals surface area contributed by atoms with Crippen molar-refractivity contribution in [2.24, 2.45) is 7.05 Å². The molecule has 0 saturated carbocycles. The molecule has 1 unspecified atom stereocenters. The zero-order valence-electron chi connectivity index (χ0n) is 10.3. The molecular weight excluding hydrogens is 240 g/mol. The molecule has 0 saturated heterocycles. The third kappa shape index (κ3) is 4.35. The van der Waals surface area contributed by atoms with Crippen LogP contribution in [0.2, 0.25) is 0 Å². The van der Waals surface area contributed by atoms with Gasteiger partial charge in [-0.3, -0.25) is 4.79 Å². The van der Waals surface area contributed by atoms with E-state index in [0.29, 0.717) is 6.42 Å². The van der Waals surface area contributed by atoms with Gasteiger partial charge >= 0.3 is 5.97 Å². The summed E-state index contributed by atoms with van der Waals surface area (Å²) in [6.45, 7) is 2.71. The highest BCUT2D eigenvalue weighted by atomic mass is 32.2. The Morgan fingerprint density at radius 3 is 3.00 bits per heavy atom. The van der Waals surface area contributed by atoms with Crippen LogP contribution >= 0.6 is 11.8 Å². The van der Waals surface area contributed by atoms with Crippen LogP contribution in [-0.2, 0) is 16.6 Å². The monoisotopic (exact) mass is 258 g/mol. The first-order valence-electron chi connectivity index (χ1n) is 5.47. The van der Waals surface area contributed by atoms with Crippen LogP contribution in [0.3, 0.4) is 0 Å². The Labute approximate surface area is 105 Å². The third-order valence-electron chi connectivity index (χ3n) is 2.24. The average molecular weight is 258 g/mol. The van der Waals surface area contributed by atoms with Gasteiger partial charge in [-0.2, -0.15) is 0 Å². The third-order valence-corrected chi connectivity index (χ3v) is 3.31. The first-order valence-corrected chi connectivity index (χ1v) is 6.45. The minimum absolute atomic E-state index is 0.217. The molecule has 0 aliphatic rings. The predicted octanol–water partition coefficient (Wildman–Crippen LogP) is 0.448. The molecule has 1 rings (SSSR count). The number of methoxy groups -OCH3 is 1. The molecule has 0 spiro atoms. The van der Waals surface area contributed by atoms with Gasteiger partial charge in [-0.1, -0.05) is 18.7 Å². The number of aryl methyl sites for hydroxylation is 1. The Morgan fingerprint density at radius 2 is 2.47 bits per heavy atom. The summed E-state index contributed by atoms with van der Waals surface area (Å²) in [5, 5.41) is 11.7. The maximum atomic E-state index is 11.4. The number of carbonyl (C=O) groups excluding carboxylic acids is 1. The lowest BCUT2D eigenvalue weighted by Gasteiger charge is -2.14. The lowest BCUT2D eigenvalue weighted by Crippen LogP contribution is -2.37. The molecule has 0 aliphatic heterocycles. The number of esters is 1. The second-order valence-electron chi connectivity index (χ2n) is 3.49. The van der Waals surface area contributed by atoms with E-state index >= 15 is 0 Å². The van der Waals surface area contributed by atoms with Crippen molar-refractivity contribution in [1.29, 1.82) is 0 Å². The highest BCUT2D eigenvalue weighted by Crippen LogP contribution is 2.15. The molecule has 17 heavy (non-hydrogen) atoms. The number of hydrogen-bond donors (Lipinski definition) is 1. The largest absolute Gasteiger partial charge is 0.468 e. The zero-order valence-corrected chi connectivity index (χ0v) is 11.2. The van der Waals surface area contributed by atoms with E-state index in [-0.39, 0.29) is 12.0 Å². The molecule has 1 aromatic heterocycles. The summed E-state index contributed by atoms with van der Waals surface area (Å²) < 4.78 is 6.58. The van der Waals surface area contributed by atoms with Crippen molar-refractivity contribution in [3.63, 3.8) is 0 Å². The highest BCUT2D eigenvalue weighted by molar-refractivity contribution is 7.99. The van der Waals surface area contributed by atoms with Crippen LogP contribution in [0.15, 0.2) is 11.5 Å². The van der Waals surface area contributed by atoms with Crippen molar-refractivity contribution in [3.8, 4) is 0 Å². The summed E-state index contributed by atoms with van der Waals surface area (Å²) in [5.74, 6) is 0.574. The molecular formula is C10H18N4O2S. The Hall–Kier alpha value is -1.08. The van der Waals surface area contributed by atoms with Gasteiger partial charge < -0.3 is 14.6 Å². The van der Waals surface area contributed by atoms with Crippen LogP contribution in [0.25, 0.3) is 0 Å². The van der Waals surface area contributed by atoms with Crippen LogP contribution in [0.5, 0.6) is 0 Å². The van der Waals surface area contributed by atoms with Gasteiger partial charge in [-0.05, 0) is 13.0 Å². The van der Waals surface area contributed by atoms with Crippen LogP contribution in [0, 0.1) is 0 Å². The van der Waals surface area contributed by atoms with Crippen LogP contribution in [-0.4, -0.2) is 46.2 Å². The van der Waals surface area contributed by atoms with Gasteiger partial charge in [0.1, 0.15) is 12.4 Å². The van der Waals surface area contributed by atoms with Gasteiger partial charge in [0, 0.05) is 12.8 Å². The fourth-order valence-corrected chi connectivity index (χ4v) is 2.26. The minimum atomic E-state index is -0.245. The first-order chi connectivity index (χ1) is 8.19. The fraction of sp³-hybridized carbons (Fsp3) is 0.700. The van der Waals surface area contributed by atoms with Crippen LogP contribution in [0.4, 0.5) is 0 Å². The van der Waals surface area contributed by atoms with Gasteiger partial charge in [0.25, 0.3) is 0 Å². The molecule has 1 atom stereocenters. The normalized spacial score (nSPS) is 12.4. The van der Waals surface area contributed by atoms with E-state index in [0.717, 1.165) is 17.5 Å². The maximum absolute atomic E-state index is 11.4. The van der Waals surface area contributed by atoms with Crippen molar-refractivity contribution in [2.75, 3.05) is 19.4 Å². The molecule has 0 aromatic carbocycles. The number of likely N-dealkylation sites (N-methyl/N-ethyl adjacent to an activating group) is 1. The first kappa shape index (κ1) is 14.0. The van der Waals surface area contributed by atoms with E-state index in [2.05, 4.69) is 15.5 Å².